The lowest BCUT2D eigenvalue weighted by atomic mass is 9.75. The molecule has 0 aromatic carbocycles. The molecule has 15 heavy (non-hydrogen) atoms. The van der Waals surface area contributed by atoms with Gasteiger partial charge in [-0.15, -0.1) is 0 Å². The Kier molecular flexibility index (Phi) is 3.65. The molecule has 1 saturated carbocycles. The molecule has 2 fully saturated rings. The summed E-state index contributed by atoms with van der Waals surface area (Å²) in [5.74, 6) is 1.37. The van der Waals surface area contributed by atoms with Crippen LogP contribution in [0.25, 0.3) is 0 Å². The maximum atomic E-state index is 8.92. The number of nitrogens with one attached hydrogen (secondary N) is 1. The van der Waals surface area contributed by atoms with E-state index in [1.54, 1.807) is 0 Å². The molecule has 0 amide bonds. The van der Waals surface area contributed by atoms with Crippen molar-refractivity contribution in [1.29, 1.82) is 0 Å². The number of rotatable bonds is 2. The van der Waals surface area contributed by atoms with Crippen LogP contribution in [0.2, 0.25) is 0 Å². The largest absolute Gasteiger partial charge is 0.375 e. The molecule has 0 aromatic rings. The third-order valence-corrected chi connectivity index (χ3v) is 4.16. The molecule has 2 aliphatic rings. The van der Waals surface area contributed by atoms with Crippen molar-refractivity contribution in [1.82, 2.24) is 5.48 Å². The molecule has 3 heteroatoms. The molecular weight excluding hydrogens is 190 g/mol. The average molecular weight is 213 g/mol. The Bertz CT molecular complexity index is 210. The average Bonchev–Trinajstić information content (AvgIpc) is 2.64. The molecule has 5 atom stereocenters. The van der Waals surface area contributed by atoms with Crippen molar-refractivity contribution >= 4 is 0 Å². The Balaban J connectivity index is 1.88. The molecule has 2 rings (SSSR count). The van der Waals surface area contributed by atoms with Gasteiger partial charge in [-0.3, -0.25) is 0 Å². The van der Waals surface area contributed by atoms with Crippen molar-refractivity contribution in [2.45, 2.75) is 64.2 Å². The van der Waals surface area contributed by atoms with Crippen LogP contribution in [-0.2, 0) is 4.74 Å². The summed E-state index contributed by atoms with van der Waals surface area (Å²) in [5.41, 5.74) is 2.41. The summed E-state index contributed by atoms with van der Waals surface area (Å²) in [7, 11) is 0. The summed E-state index contributed by atoms with van der Waals surface area (Å²) < 4.78 is 5.96. The summed E-state index contributed by atoms with van der Waals surface area (Å²) >= 11 is 0. The van der Waals surface area contributed by atoms with Crippen molar-refractivity contribution < 1.29 is 9.94 Å². The van der Waals surface area contributed by atoms with Crippen LogP contribution in [0, 0.1) is 11.8 Å². The lowest BCUT2D eigenvalue weighted by molar-refractivity contribution is -0.0216. The van der Waals surface area contributed by atoms with E-state index in [2.05, 4.69) is 19.3 Å². The first-order valence-electron chi connectivity index (χ1n) is 6.25. The zero-order chi connectivity index (χ0) is 10.8. The van der Waals surface area contributed by atoms with Crippen molar-refractivity contribution in [3.05, 3.63) is 0 Å². The van der Waals surface area contributed by atoms with Crippen LogP contribution < -0.4 is 5.48 Å². The highest BCUT2D eigenvalue weighted by Gasteiger charge is 2.36. The van der Waals surface area contributed by atoms with E-state index < -0.39 is 0 Å². The van der Waals surface area contributed by atoms with Gasteiger partial charge in [-0.2, -0.15) is 0 Å². The van der Waals surface area contributed by atoms with E-state index in [-0.39, 0.29) is 0 Å². The van der Waals surface area contributed by atoms with Crippen LogP contribution in [0.1, 0.15) is 46.0 Å². The minimum Gasteiger partial charge on any atom is -0.375 e. The molecule has 3 nitrogen and oxygen atoms in total. The molecule has 0 bridgehead atoms. The standard InChI is InChI=1S/C12H23NO2/c1-8-7-10(13-14)4-5-11(8)12-6-3-9(2)15-12/h8-14H,3-7H2,1-2H3. The van der Waals surface area contributed by atoms with Crippen molar-refractivity contribution in [3.8, 4) is 0 Å². The van der Waals surface area contributed by atoms with Crippen LogP contribution in [0.15, 0.2) is 0 Å². The van der Waals surface area contributed by atoms with E-state index >= 15 is 0 Å². The van der Waals surface area contributed by atoms with Crippen molar-refractivity contribution in [2.75, 3.05) is 0 Å². The Morgan fingerprint density at radius 3 is 2.47 bits per heavy atom. The van der Waals surface area contributed by atoms with Gasteiger partial charge in [0.05, 0.1) is 12.2 Å². The quantitative estimate of drug-likeness (QED) is 0.692. The van der Waals surface area contributed by atoms with Crippen LogP contribution in [0.4, 0.5) is 0 Å². The first-order chi connectivity index (χ1) is 7.20. The third-order valence-electron chi connectivity index (χ3n) is 4.16. The van der Waals surface area contributed by atoms with Gasteiger partial charge in [0.25, 0.3) is 0 Å². The van der Waals surface area contributed by atoms with Gasteiger partial charge in [0.1, 0.15) is 0 Å². The summed E-state index contributed by atoms with van der Waals surface area (Å²) in [6.07, 6.45) is 6.74. The first-order valence-corrected chi connectivity index (χ1v) is 6.25. The fraction of sp³-hybridized carbons (Fsp3) is 1.00. The maximum Gasteiger partial charge on any atom is 0.0610 e. The topological polar surface area (TPSA) is 41.5 Å². The second-order valence-corrected chi connectivity index (χ2v) is 5.34. The van der Waals surface area contributed by atoms with Gasteiger partial charge in [-0.05, 0) is 50.9 Å². The van der Waals surface area contributed by atoms with E-state index in [4.69, 9.17) is 9.94 Å². The molecule has 0 aromatic heterocycles. The number of hydrogen-bond donors (Lipinski definition) is 2. The highest BCUT2D eigenvalue weighted by atomic mass is 16.5. The van der Waals surface area contributed by atoms with Crippen LogP contribution in [0.3, 0.4) is 0 Å². The minimum absolute atomic E-state index is 0.301. The van der Waals surface area contributed by atoms with E-state index in [0.717, 1.165) is 12.8 Å². The highest BCUT2D eigenvalue weighted by molar-refractivity contribution is 4.87. The van der Waals surface area contributed by atoms with Crippen molar-refractivity contribution in [2.24, 2.45) is 11.8 Å². The molecule has 1 saturated heterocycles. The van der Waals surface area contributed by atoms with E-state index in [1.807, 2.05) is 0 Å². The third kappa shape index (κ3) is 2.52. The summed E-state index contributed by atoms with van der Waals surface area (Å²) in [5, 5.41) is 8.92. The summed E-state index contributed by atoms with van der Waals surface area (Å²) in [6.45, 7) is 4.46. The molecule has 88 valence electrons. The van der Waals surface area contributed by atoms with Crippen LogP contribution in [0.5, 0.6) is 0 Å². The molecule has 1 aliphatic heterocycles. The van der Waals surface area contributed by atoms with E-state index in [0.29, 0.717) is 30.1 Å². The number of ether oxygens (including phenoxy) is 1. The van der Waals surface area contributed by atoms with Crippen LogP contribution >= 0.6 is 0 Å². The summed E-state index contributed by atoms with van der Waals surface area (Å²) in [4.78, 5) is 0. The van der Waals surface area contributed by atoms with Gasteiger partial charge in [0.15, 0.2) is 0 Å². The van der Waals surface area contributed by atoms with Gasteiger partial charge < -0.3 is 9.94 Å². The Morgan fingerprint density at radius 1 is 1.13 bits per heavy atom. The lowest BCUT2D eigenvalue weighted by Gasteiger charge is -2.36. The number of hydrogen-bond acceptors (Lipinski definition) is 3. The second-order valence-electron chi connectivity index (χ2n) is 5.34. The van der Waals surface area contributed by atoms with Gasteiger partial charge in [-0.25, -0.2) is 5.48 Å². The normalized spacial score (nSPS) is 47.0. The predicted octanol–water partition coefficient (Wildman–Crippen LogP) is 2.34. The molecule has 0 spiro atoms. The zero-order valence-corrected chi connectivity index (χ0v) is 9.78. The monoisotopic (exact) mass is 213 g/mol. The molecule has 5 unspecified atom stereocenters. The maximum absolute atomic E-state index is 8.92. The fourth-order valence-corrected chi connectivity index (χ4v) is 3.24. The Hall–Kier alpha value is -0.120. The second kappa shape index (κ2) is 4.81. The minimum atomic E-state index is 0.301. The van der Waals surface area contributed by atoms with E-state index in [1.165, 1.54) is 19.3 Å². The van der Waals surface area contributed by atoms with Gasteiger partial charge in [0.2, 0.25) is 0 Å². The highest BCUT2D eigenvalue weighted by Crippen LogP contribution is 2.38. The van der Waals surface area contributed by atoms with Gasteiger partial charge in [0, 0.05) is 6.04 Å². The smallest absolute Gasteiger partial charge is 0.0610 e. The molecule has 0 radical (unpaired) electrons. The Labute approximate surface area is 92.2 Å². The lowest BCUT2D eigenvalue weighted by Crippen LogP contribution is -2.39. The zero-order valence-electron chi connectivity index (χ0n) is 9.78. The van der Waals surface area contributed by atoms with Crippen molar-refractivity contribution in [3.63, 3.8) is 0 Å². The van der Waals surface area contributed by atoms with E-state index in [9.17, 15) is 0 Å². The SMILES string of the molecule is CC1CCC(C2CCC(NO)CC2C)O1. The van der Waals surface area contributed by atoms with Crippen LogP contribution in [-0.4, -0.2) is 23.5 Å². The fourth-order valence-electron chi connectivity index (χ4n) is 3.24. The molecule has 2 N–H and O–H groups in total. The molecule has 1 heterocycles. The van der Waals surface area contributed by atoms with Gasteiger partial charge in [-0.1, -0.05) is 6.92 Å². The molecule has 1 aliphatic carbocycles. The summed E-state index contributed by atoms with van der Waals surface area (Å²) in [6, 6.07) is 0.301. The number of hydroxylamine groups is 1. The molecular formula is C12H23NO2. The Morgan fingerprint density at radius 2 is 1.93 bits per heavy atom. The predicted molar refractivity (Wildman–Crippen MR) is 58.8 cm³/mol. The van der Waals surface area contributed by atoms with Gasteiger partial charge >= 0.3 is 0 Å². The first kappa shape index (κ1) is 11.4.